The maximum Gasteiger partial charge on any atom is 0.349 e. The topological polar surface area (TPSA) is 94.4 Å². The van der Waals surface area contributed by atoms with Crippen molar-refractivity contribution in [1.29, 1.82) is 0 Å². The summed E-state index contributed by atoms with van der Waals surface area (Å²) in [5.41, 5.74) is 5.36. The molecule has 0 spiro atoms. The van der Waals surface area contributed by atoms with Crippen LogP contribution in [0.15, 0.2) is 54.6 Å². The molecular formula is C30H31N3O4. The molecule has 0 saturated carbocycles. The standard InChI is InChI=1S/C30H31N3O4/c1-17-8-11-22(19(3)14-17)26-31-27(23-12-9-18(2)15-20(23)4)33-28(32-26)24-13-10-21(16-25(24)34)37-30(5,6)29(35)36-7/h8-16,34H,1-7H3. The molecule has 0 unspecified atom stereocenters. The van der Waals surface area contributed by atoms with Crippen LogP contribution in [0.2, 0.25) is 0 Å². The van der Waals surface area contributed by atoms with Gasteiger partial charge in [0.25, 0.3) is 0 Å². The van der Waals surface area contributed by atoms with Crippen LogP contribution in [0.3, 0.4) is 0 Å². The van der Waals surface area contributed by atoms with Gasteiger partial charge in [0.05, 0.1) is 12.7 Å². The lowest BCUT2D eigenvalue weighted by atomic mass is 10.0. The van der Waals surface area contributed by atoms with Gasteiger partial charge >= 0.3 is 5.97 Å². The van der Waals surface area contributed by atoms with Crippen LogP contribution in [0.25, 0.3) is 34.2 Å². The Morgan fingerprint density at radius 2 is 1.19 bits per heavy atom. The van der Waals surface area contributed by atoms with Gasteiger partial charge in [-0.3, -0.25) is 0 Å². The highest BCUT2D eigenvalue weighted by molar-refractivity contribution is 5.79. The molecule has 7 heteroatoms. The molecule has 0 atom stereocenters. The third-order valence-electron chi connectivity index (χ3n) is 6.14. The van der Waals surface area contributed by atoms with Crippen molar-refractivity contribution in [2.24, 2.45) is 0 Å². The Balaban J connectivity index is 1.85. The van der Waals surface area contributed by atoms with E-state index in [0.717, 1.165) is 33.4 Å². The third-order valence-corrected chi connectivity index (χ3v) is 6.14. The van der Waals surface area contributed by atoms with Crippen molar-refractivity contribution >= 4 is 5.97 Å². The van der Waals surface area contributed by atoms with E-state index < -0.39 is 11.6 Å². The smallest absolute Gasteiger partial charge is 0.349 e. The van der Waals surface area contributed by atoms with Crippen LogP contribution in [0.5, 0.6) is 11.5 Å². The fourth-order valence-corrected chi connectivity index (χ4v) is 4.21. The van der Waals surface area contributed by atoms with Gasteiger partial charge in [0.15, 0.2) is 23.1 Å². The molecule has 0 aliphatic heterocycles. The monoisotopic (exact) mass is 497 g/mol. The van der Waals surface area contributed by atoms with E-state index in [1.807, 2.05) is 52.0 Å². The average Bonchev–Trinajstić information content (AvgIpc) is 2.83. The number of carbonyl (C=O) groups excluding carboxylic acids is 1. The second-order valence-corrected chi connectivity index (χ2v) is 9.73. The summed E-state index contributed by atoms with van der Waals surface area (Å²) in [7, 11) is 1.30. The zero-order valence-corrected chi connectivity index (χ0v) is 22.2. The van der Waals surface area contributed by atoms with E-state index in [-0.39, 0.29) is 5.75 Å². The maximum atomic E-state index is 12.0. The normalized spacial score (nSPS) is 11.3. The van der Waals surface area contributed by atoms with Gasteiger partial charge in [0, 0.05) is 17.2 Å². The molecule has 0 aliphatic carbocycles. The highest BCUT2D eigenvalue weighted by Gasteiger charge is 2.31. The van der Waals surface area contributed by atoms with Crippen molar-refractivity contribution in [2.75, 3.05) is 7.11 Å². The molecule has 1 aromatic heterocycles. The number of hydrogen-bond donors (Lipinski definition) is 1. The highest BCUT2D eigenvalue weighted by Crippen LogP contribution is 2.35. The Bertz CT molecular complexity index is 1420. The second-order valence-electron chi connectivity index (χ2n) is 9.73. The molecule has 1 N–H and O–H groups in total. The van der Waals surface area contributed by atoms with Crippen LogP contribution in [-0.2, 0) is 9.53 Å². The number of esters is 1. The van der Waals surface area contributed by atoms with E-state index in [1.54, 1.807) is 26.0 Å². The number of ether oxygens (including phenoxy) is 2. The van der Waals surface area contributed by atoms with Crippen LogP contribution in [0.4, 0.5) is 0 Å². The molecule has 190 valence electrons. The first-order valence-corrected chi connectivity index (χ1v) is 12.0. The van der Waals surface area contributed by atoms with Gasteiger partial charge in [0.2, 0.25) is 0 Å². The van der Waals surface area contributed by atoms with E-state index in [4.69, 9.17) is 24.4 Å². The predicted octanol–water partition coefficient (Wildman–Crippen LogP) is 6.14. The molecule has 37 heavy (non-hydrogen) atoms. The van der Waals surface area contributed by atoms with Gasteiger partial charge in [-0.1, -0.05) is 47.5 Å². The van der Waals surface area contributed by atoms with Crippen molar-refractivity contribution < 1.29 is 19.4 Å². The minimum absolute atomic E-state index is 0.0810. The lowest BCUT2D eigenvalue weighted by Gasteiger charge is -2.23. The van der Waals surface area contributed by atoms with E-state index in [1.165, 1.54) is 13.2 Å². The van der Waals surface area contributed by atoms with Crippen LogP contribution < -0.4 is 4.74 Å². The molecule has 7 nitrogen and oxygen atoms in total. The van der Waals surface area contributed by atoms with Crippen molar-refractivity contribution in [1.82, 2.24) is 15.0 Å². The minimum Gasteiger partial charge on any atom is -0.507 e. The lowest BCUT2D eigenvalue weighted by molar-refractivity contribution is -0.156. The average molecular weight is 498 g/mol. The molecule has 0 amide bonds. The molecule has 0 saturated heterocycles. The summed E-state index contributed by atoms with van der Waals surface area (Å²) in [5, 5.41) is 10.9. The number of carbonyl (C=O) groups is 1. The summed E-state index contributed by atoms with van der Waals surface area (Å²) >= 11 is 0. The minimum atomic E-state index is -1.22. The number of hydrogen-bond acceptors (Lipinski definition) is 7. The molecule has 0 fully saturated rings. The number of benzene rings is 3. The Hall–Kier alpha value is -4.26. The van der Waals surface area contributed by atoms with E-state index in [2.05, 4.69) is 12.1 Å². The largest absolute Gasteiger partial charge is 0.507 e. The fourth-order valence-electron chi connectivity index (χ4n) is 4.21. The van der Waals surface area contributed by atoms with Crippen molar-refractivity contribution in [3.05, 3.63) is 76.9 Å². The number of methoxy groups -OCH3 is 1. The number of aromatic hydroxyl groups is 1. The first-order chi connectivity index (χ1) is 17.5. The zero-order chi connectivity index (χ0) is 26.9. The summed E-state index contributed by atoms with van der Waals surface area (Å²) in [6.07, 6.45) is 0. The maximum absolute atomic E-state index is 12.0. The van der Waals surface area contributed by atoms with Gasteiger partial charge < -0.3 is 14.6 Å². The summed E-state index contributed by atoms with van der Waals surface area (Å²) in [6.45, 7) is 11.3. The van der Waals surface area contributed by atoms with Crippen LogP contribution in [0, 0.1) is 27.7 Å². The molecule has 4 aromatic rings. The number of aryl methyl sites for hydroxylation is 4. The summed E-state index contributed by atoms with van der Waals surface area (Å²) < 4.78 is 10.6. The molecule has 0 radical (unpaired) electrons. The molecule has 0 bridgehead atoms. The number of phenols is 1. The van der Waals surface area contributed by atoms with E-state index in [0.29, 0.717) is 28.8 Å². The molecule has 4 rings (SSSR count). The fraction of sp³-hybridized carbons (Fsp3) is 0.267. The SMILES string of the molecule is COC(=O)C(C)(C)Oc1ccc(-c2nc(-c3ccc(C)cc3C)nc(-c3ccc(C)cc3C)n2)c(O)c1. The number of rotatable bonds is 6. The van der Waals surface area contributed by atoms with Crippen LogP contribution in [-0.4, -0.2) is 38.7 Å². The Morgan fingerprint density at radius 3 is 1.62 bits per heavy atom. The van der Waals surface area contributed by atoms with Crippen molar-refractivity contribution in [3.63, 3.8) is 0 Å². The third kappa shape index (κ3) is 5.45. The number of phenolic OH excluding ortho intramolecular Hbond substituents is 1. The highest BCUT2D eigenvalue weighted by atomic mass is 16.6. The van der Waals surface area contributed by atoms with Crippen molar-refractivity contribution in [2.45, 2.75) is 47.1 Å². The van der Waals surface area contributed by atoms with Crippen LogP contribution in [0.1, 0.15) is 36.1 Å². The predicted molar refractivity (Wildman–Crippen MR) is 143 cm³/mol. The van der Waals surface area contributed by atoms with Crippen LogP contribution >= 0.6 is 0 Å². The van der Waals surface area contributed by atoms with Gasteiger partial charge in [0.1, 0.15) is 11.5 Å². The summed E-state index contributed by atoms with van der Waals surface area (Å²) in [6, 6.07) is 17.0. The molecule has 0 aliphatic rings. The quantitative estimate of drug-likeness (QED) is 0.320. The van der Waals surface area contributed by atoms with Gasteiger partial charge in [-0.05, 0) is 64.8 Å². The van der Waals surface area contributed by atoms with Gasteiger partial charge in [-0.15, -0.1) is 0 Å². The molecular weight excluding hydrogens is 466 g/mol. The molecule has 3 aromatic carbocycles. The first-order valence-electron chi connectivity index (χ1n) is 12.0. The summed E-state index contributed by atoms with van der Waals surface area (Å²) in [5.74, 6) is 1.08. The second kappa shape index (κ2) is 10.0. The Morgan fingerprint density at radius 1 is 0.730 bits per heavy atom. The number of aromatic nitrogens is 3. The zero-order valence-electron chi connectivity index (χ0n) is 22.2. The van der Waals surface area contributed by atoms with E-state index >= 15 is 0 Å². The summed E-state index contributed by atoms with van der Waals surface area (Å²) in [4.78, 5) is 26.3. The first kappa shape index (κ1) is 25.8. The van der Waals surface area contributed by atoms with Gasteiger partial charge in [-0.2, -0.15) is 0 Å². The number of nitrogens with zero attached hydrogens (tertiary/aromatic N) is 3. The van der Waals surface area contributed by atoms with E-state index in [9.17, 15) is 9.90 Å². The Kier molecular flexibility index (Phi) is 6.99. The molecule has 1 heterocycles. The lowest BCUT2D eigenvalue weighted by Crippen LogP contribution is -2.39. The Labute approximate surface area is 217 Å². The van der Waals surface area contributed by atoms with Gasteiger partial charge in [-0.25, -0.2) is 19.7 Å². The van der Waals surface area contributed by atoms with Crippen molar-refractivity contribution in [3.8, 4) is 45.7 Å².